The maximum atomic E-state index is 12.3. The molecule has 1 aliphatic heterocycles. The van der Waals surface area contributed by atoms with Crippen molar-refractivity contribution >= 4 is 15.9 Å². The Kier molecular flexibility index (Phi) is 5.99. The standard InChI is InChI=1S/C19H29N3O3S/c1-14-9-11-22(12-10-14)15(2)13-20-19(23)16-3-7-18(8-4-16)26(24,25)21-17-5-6-17/h3-4,7-8,14-15,17,21H,5-6,9-13H2,1-2H3,(H,20,23). The van der Waals surface area contributed by atoms with Crippen molar-refractivity contribution < 1.29 is 13.2 Å². The van der Waals surface area contributed by atoms with Crippen LogP contribution in [0.15, 0.2) is 29.2 Å². The first kappa shape index (κ1) is 19.3. The Morgan fingerprint density at radius 3 is 2.35 bits per heavy atom. The third kappa shape index (κ3) is 5.05. The number of hydrogen-bond donors (Lipinski definition) is 2. The zero-order valence-corrected chi connectivity index (χ0v) is 16.4. The van der Waals surface area contributed by atoms with E-state index in [1.807, 2.05) is 0 Å². The topological polar surface area (TPSA) is 78.5 Å². The summed E-state index contributed by atoms with van der Waals surface area (Å²) in [5, 5.41) is 2.96. The quantitative estimate of drug-likeness (QED) is 0.759. The molecule has 1 amide bonds. The molecule has 0 bridgehead atoms. The fraction of sp³-hybridized carbons (Fsp3) is 0.632. The van der Waals surface area contributed by atoms with Crippen LogP contribution in [0.25, 0.3) is 0 Å². The van der Waals surface area contributed by atoms with E-state index >= 15 is 0 Å². The number of amides is 1. The Morgan fingerprint density at radius 1 is 1.15 bits per heavy atom. The average molecular weight is 380 g/mol. The number of nitrogens with one attached hydrogen (secondary N) is 2. The minimum Gasteiger partial charge on any atom is -0.350 e. The lowest BCUT2D eigenvalue weighted by Gasteiger charge is -2.35. The minimum absolute atomic E-state index is 0.0715. The molecule has 6 nitrogen and oxygen atoms in total. The molecule has 0 radical (unpaired) electrons. The zero-order chi connectivity index (χ0) is 18.7. The van der Waals surface area contributed by atoms with Crippen LogP contribution in [0.3, 0.4) is 0 Å². The number of likely N-dealkylation sites (tertiary alicyclic amines) is 1. The maximum absolute atomic E-state index is 12.3. The van der Waals surface area contributed by atoms with Crippen LogP contribution >= 0.6 is 0 Å². The van der Waals surface area contributed by atoms with Gasteiger partial charge in [0.05, 0.1) is 4.90 Å². The molecule has 1 aliphatic carbocycles. The molecule has 0 aromatic heterocycles. The summed E-state index contributed by atoms with van der Waals surface area (Å²) in [5.41, 5.74) is 0.481. The van der Waals surface area contributed by atoms with Gasteiger partial charge in [-0.15, -0.1) is 0 Å². The largest absolute Gasteiger partial charge is 0.350 e. The SMILES string of the molecule is CC1CCN(C(C)CNC(=O)c2ccc(S(=O)(=O)NC3CC3)cc2)CC1. The van der Waals surface area contributed by atoms with Crippen molar-refractivity contribution in [1.29, 1.82) is 0 Å². The van der Waals surface area contributed by atoms with Gasteiger partial charge in [0.1, 0.15) is 0 Å². The third-order valence-electron chi connectivity index (χ3n) is 5.33. The lowest BCUT2D eigenvalue weighted by atomic mass is 9.98. The van der Waals surface area contributed by atoms with Gasteiger partial charge in [-0.05, 0) is 75.9 Å². The molecule has 3 rings (SSSR count). The van der Waals surface area contributed by atoms with Gasteiger partial charge in [-0.1, -0.05) is 6.92 Å². The number of hydrogen-bond acceptors (Lipinski definition) is 4. The smallest absolute Gasteiger partial charge is 0.251 e. The van der Waals surface area contributed by atoms with Crippen molar-refractivity contribution in [2.24, 2.45) is 5.92 Å². The Labute approximate surface area is 156 Å². The number of piperidine rings is 1. The molecule has 1 saturated carbocycles. The lowest BCUT2D eigenvalue weighted by Crippen LogP contribution is -2.45. The monoisotopic (exact) mass is 379 g/mol. The Bertz CT molecular complexity index is 721. The summed E-state index contributed by atoms with van der Waals surface area (Å²) in [4.78, 5) is 15.0. The molecule has 1 unspecified atom stereocenters. The van der Waals surface area contributed by atoms with Gasteiger partial charge < -0.3 is 5.32 Å². The van der Waals surface area contributed by atoms with Gasteiger partial charge in [-0.25, -0.2) is 13.1 Å². The summed E-state index contributed by atoms with van der Waals surface area (Å²) in [6.07, 6.45) is 4.22. The van der Waals surface area contributed by atoms with Crippen LogP contribution < -0.4 is 10.0 Å². The molecule has 2 aliphatic rings. The summed E-state index contributed by atoms with van der Waals surface area (Å²) in [5.74, 6) is 0.624. The van der Waals surface area contributed by atoms with Crippen LogP contribution in [0.4, 0.5) is 0 Å². The fourth-order valence-electron chi connectivity index (χ4n) is 3.22. The molecule has 2 N–H and O–H groups in total. The highest BCUT2D eigenvalue weighted by Crippen LogP contribution is 2.22. The van der Waals surface area contributed by atoms with Crippen molar-refractivity contribution in [3.8, 4) is 0 Å². The molecule has 7 heteroatoms. The predicted molar refractivity (Wildman–Crippen MR) is 102 cm³/mol. The van der Waals surface area contributed by atoms with E-state index in [9.17, 15) is 13.2 Å². The summed E-state index contributed by atoms with van der Waals surface area (Å²) in [6, 6.07) is 6.51. The normalized spacial score (nSPS) is 20.7. The summed E-state index contributed by atoms with van der Waals surface area (Å²) in [6.45, 7) is 7.18. The van der Waals surface area contributed by atoms with Gasteiger partial charge in [0.25, 0.3) is 5.91 Å². The molecule has 1 saturated heterocycles. The molecule has 26 heavy (non-hydrogen) atoms. The molecular formula is C19H29N3O3S. The number of nitrogens with zero attached hydrogens (tertiary/aromatic N) is 1. The van der Waals surface area contributed by atoms with Crippen LogP contribution in [-0.4, -0.2) is 50.9 Å². The van der Waals surface area contributed by atoms with Crippen molar-refractivity contribution in [3.63, 3.8) is 0 Å². The maximum Gasteiger partial charge on any atom is 0.251 e. The second kappa shape index (κ2) is 8.06. The van der Waals surface area contributed by atoms with Gasteiger partial charge in [-0.3, -0.25) is 9.69 Å². The van der Waals surface area contributed by atoms with Gasteiger partial charge in [0, 0.05) is 24.2 Å². The van der Waals surface area contributed by atoms with Crippen molar-refractivity contribution in [2.45, 2.75) is 56.5 Å². The van der Waals surface area contributed by atoms with E-state index in [1.165, 1.54) is 25.0 Å². The van der Waals surface area contributed by atoms with E-state index in [-0.39, 0.29) is 16.8 Å². The first-order valence-corrected chi connectivity index (χ1v) is 11.0. The van der Waals surface area contributed by atoms with E-state index < -0.39 is 10.0 Å². The summed E-state index contributed by atoms with van der Waals surface area (Å²) < 4.78 is 27.0. The highest BCUT2D eigenvalue weighted by molar-refractivity contribution is 7.89. The molecule has 0 spiro atoms. The molecular weight excluding hydrogens is 350 g/mol. The van der Waals surface area contributed by atoms with Gasteiger partial charge in [0.2, 0.25) is 10.0 Å². The first-order chi connectivity index (χ1) is 12.3. The zero-order valence-electron chi connectivity index (χ0n) is 15.6. The van der Waals surface area contributed by atoms with E-state index in [0.717, 1.165) is 31.8 Å². The van der Waals surface area contributed by atoms with Gasteiger partial charge in [-0.2, -0.15) is 0 Å². The van der Waals surface area contributed by atoms with E-state index in [0.29, 0.717) is 18.2 Å². The van der Waals surface area contributed by atoms with Crippen molar-refractivity contribution in [1.82, 2.24) is 14.9 Å². The fourth-order valence-corrected chi connectivity index (χ4v) is 4.52. The van der Waals surface area contributed by atoms with Crippen LogP contribution in [0, 0.1) is 5.92 Å². The number of rotatable bonds is 7. The van der Waals surface area contributed by atoms with Crippen molar-refractivity contribution in [3.05, 3.63) is 29.8 Å². The lowest BCUT2D eigenvalue weighted by molar-refractivity contribution is 0.0921. The van der Waals surface area contributed by atoms with Crippen LogP contribution in [0.5, 0.6) is 0 Å². The summed E-state index contributed by atoms with van der Waals surface area (Å²) >= 11 is 0. The molecule has 1 heterocycles. The Balaban J connectivity index is 1.51. The Hall–Kier alpha value is -1.44. The second-order valence-corrected chi connectivity index (χ2v) is 9.41. The van der Waals surface area contributed by atoms with E-state index in [1.54, 1.807) is 12.1 Å². The number of carbonyl (C=O) groups excluding carboxylic acids is 1. The molecule has 1 atom stereocenters. The molecule has 2 fully saturated rings. The summed E-state index contributed by atoms with van der Waals surface area (Å²) in [7, 11) is -3.47. The van der Waals surface area contributed by atoms with Crippen LogP contribution in [-0.2, 0) is 10.0 Å². The number of sulfonamides is 1. The number of carbonyl (C=O) groups is 1. The van der Waals surface area contributed by atoms with Crippen molar-refractivity contribution in [2.75, 3.05) is 19.6 Å². The highest BCUT2D eigenvalue weighted by Gasteiger charge is 2.28. The highest BCUT2D eigenvalue weighted by atomic mass is 32.2. The van der Waals surface area contributed by atoms with E-state index in [4.69, 9.17) is 0 Å². The molecule has 1 aromatic rings. The molecule has 144 valence electrons. The Morgan fingerprint density at radius 2 is 1.77 bits per heavy atom. The van der Waals surface area contributed by atoms with Crippen LogP contribution in [0.2, 0.25) is 0 Å². The number of benzene rings is 1. The van der Waals surface area contributed by atoms with E-state index in [2.05, 4.69) is 28.8 Å². The van der Waals surface area contributed by atoms with Gasteiger partial charge >= 0.3 is 0 Å². The minimum atomic E-state index is -3.47. The van der Waals surface area contributed by atoms with Gasteiger partial charge in [0.15, 0.2) is 0 Å². The average Bonchev–Trinajstić information content (AvgIpc) is 3.43. The predicted octanol–water partition coefficient (Wildman–Crippen LogP) is 1.98. The van der Waals surface area contributed by atoms with Crippen LogP contribution in [0.1, 0.15) is 49.9 Å². The third-order valence-corrected chi connectivity index (χ3v) is 6.86. The second-order valence-electron chi connectivity index (χ2n) is 7.70. The first-order valence-electron chi connectivity index (χ1n) is 9.50. The molecule has 1 aromatic carbocycles.